The van der Waals surface area contributed by atoms with Crippen molar-refractivity contribution in [2.24, 2.45) is 17.8 Å². The summed E-state index contributed by atoms with van der Waals surface area (Å²) in [6, 6.07) is 0. The Morgan fingerprint density at radius 3 is 2.65 bits per heavy atom. The van der Waals surface area contributed by atoms with Gasteiger partial charge in [0.2, 0.25) is 0 Å². The molecule has 17 heavy (non-hydrogen) atoms. The van der Waals surface area contributed by atoms with Gasteiger partial charge in [0, 0.05) is 5.92 Å². The molecule has 0 aliphatic carbocycles. The van der Waals surface area contributed by atoms with E-state index in [4.69, 9.17) is 9.47 Å². The van der Waals surface area contributed by atoms with E-state index in [0.29, 0.717) is 11.8 Å². The van der Waals surface area contributed by atoms with E-state index >= 15 is 0 Å². The third-order valence-electron chi connectivity index (χ3n) is 3.82. The summed E-state index contributed by atoms with van der Waals surface area (Å²) in [6.07, 6.45) is 4.09. The second-order valence-electron chi connectivity index (χ2n) is 5.10. The minimum atomic E-state index is -0.188. The standard InChI is InChI=1S/C14H24O3/c1-6-9(2)13-10(3)7-8-12(17-13)11(4)14(15)16-5/h6,9-13H,1,7-8H2,2-5H3/t9-,10-,11-,12-,13+/m0/s1. The summed E-state index contributed by atoms with van der Waals surface area (Å²) in [6.45, 7) is 10.0. The van der Waals surface area contributed by atoms with E-state index in [9.17, 15) is 4.79 Å². The summed E-state index contributed by atoms with van der Waals surface area (Å²) in [5, 5.41) is 0. The van der Waals surface area contributed by atoms with Crippen molar-refractivity contribution in [2.45, 2.75) is 45.8 Å². The molecule has 0 bridgehead atoms. The van der Waals surface area contributed by atoms with Crippen LogP contribution in [0.2, 0.25) is 0 Å². The van der Waals surface area contributed by atoms with Gasteiger partial charge in [-0.1, -0.05) is 19.9 Å². The van der Waals surface area contributed by atoms with Crippen LogP contribution in [0.25, 0.3) is 0 Å². The average Bonchev–Trinajstić information content (AvgIpc) is 2.36. The van der Waals surface area contributed by atoms with Crippen molar-refractivity contribution < 1.29 is 14.3 Å². The molecule has 1 rings (SSSR count). The lowest BCUT2D eigenvalue weighted by atomic mass is 9.84. The van der Waals surface area contributed by atoms with Crippen LogP contribution in [0.4, 0.5) is 0 Å². The van der Waals surface area contributed by atoms with Crippen LogP contribution in [0.5, 0.6) is 0 Å². The Morgan fingerprint density at radius 2 is 2.12 bits per heavy atom. The molecular formula is C14H24O3. The van der Waals surface area contributed by atoms with E-state index in [2.05, 4.69) is 20.4 Å². The smallest absolute Gasteiger partial charge is 0.311 e. The molecule has 0 radical (unpaired) electrons. The summed E-state index contributed by atoms with van der Waals surface area (Å²) in [4.78, 5) is 11.5. The fraction of sp³-hybridized carbons (Fsp3) is 0.786. The van der Waals surface area contributed by atoms with Crippen molar-refractivity contribution >= 4 is 5.97 Å². The fourth-order valence-corrected chi connectivity index (χ4v) is 2.48. The molecule has 1 aliphatic rings. The first-order valence-corrected chi connectivity index (χ1v) is 6.37. The van der Waals surface area contributed by atoms with Crippen LogP contribution in [-0.2, 0) is 14.3 Å². The molecule has 1 heterocycles. The van der Waals surface area contributed by atoms with Crippen LogP contribution < -0.4 is 0 Å². The zero-order valence-electron chi connectivity index (χ0n) is 11.3. The Bertz CT molecular complexity index is 275. The van der Waals surface area contributed by atoms with Crippen molar-refractivity contribution in [3.05, 3.63) is 12.7 Å². The minimum absolute atomic E-state index is 0.0222. The Hall–Kier alpha value is -0.830. The van der Waals surface area contributed by atoms with Gasteiger partial charge in [0.15, 0.2) is 0 Å². The van der Waals surface area contributed by atoms with E-state index in [0.717, 1.165) is 12.8 Å². The summed E-state index contributed by atoms with van der Waals surface area (Å²) in [7, 11) is 1.42. The predicted molar refractivity (Wildman–Crippen MR) is 67.6 cm³/mol. The molecule has 1 aliphatic heterocycles. The summed E-state index contributed by atoms with van der Waals surface area (Å²) >= 11 is 0. The molecule has 3 heteroatoms. The number of esters is 1. The van der Waals surface area contributed by atoms with Gasteiger partial charge < -0.3 is 9.47 Å². The molecule has 98 valence electrons. The second kappa shape index (κ2) is 6.20. The van der Waals surface area contributed by atoms with Gasteiger partial charge in [-0.15, -0.1) is 6.58 Å². The highest BCUT2D eigenvalue weighted by Crippen LogP contribution is 2.32. The molecule has 0 aromatic carbocycles. The zero-order chi connectivity index (χ0) is 13.0. The first kappa shape index (κ1) is 14.2. The van der Waals surface area contributed by atoms with Gasteiger partial charge in [0.25, 0.3) is 0 Å². The van der Waals surface area contributed by atoms with Crippen LogP contribution in [-0.4, -0.2) is 25.3 Å². The molecule has 5 atom stereocenters. The highest BCUT2D eigenvalue weighted by molar-refractivity contribution is 5.72. The topological polar surface area (TPSA) is 35.5 Å². The molecule has 0 aromatic rings. The average molecular weight is 240 g/mol. The van der Waals surface area contributed by atoms with Gasteiger partial charge in [-0.2, -0.15) is 0 Å². The van der Waals surface area contributed by atoms with Crippen molar-refractivity contribution in [1.82, 2.24) is 0 Å². The maximum absolute atomic E-state index is 11.5. The molecule has 1 saturated heterocycles. The van der Waals surface area contributed by atoms with Crippen molar-refractivity contribution in [1.29, 1.82) is 0 Å². The van der Waals surface area contributed by atoms with Crippen LogP contribution >= 0.6 is 0 Å². The lowest BCUT2D eigenvalue weighted by Crippen LogP contribution is -2.42. The van der Waals surface area contributed by atoms with E-state index < -0.39 is 0 Å². The van der Waals surface area contributed by atoms with Gasteiger partial charge in [0.1, 0.15) is 0 Å². The third-order valence-corrected chi connectivity index (χ3v) is 3.82. The molecule has 0 amide bonds. The van der Waals surface area contributed by atoms with Crippen molar-refractivity contribution in [3.63, 3.8) is 0 Å². The normalized spacial score (nSPS) is 32.6. The van der Waals surface area contributed by atoms with Crippen LogP contribution in [0.3, 0.4) is 0 Å². The van der Waals surface area contributed by atoms with Crippen LogP contribution in [0.15, 0.2) is 12.7 Å². The lowest BCUT2D eigenvalue weighted by molar-refractivity contribution is -0.160. The third kappa shape index (κ3) is 3.32. The van der Waals surface area contributed by atoms with Crippen molar-refractivity contribution in [3.8, 4) is 0 Å². The van der Waals surface area contributed by atoms with Gasteiger partial charge in [-0.3, -0.25) is 4.79 Å². The summed E-state index contributed by atoms with van der Waals surface area (Å²) in [5.41, 5.74) is 0. The first-order chi connectivity index (χ1) is 8.01. The molecule has 0 unspecified atom stereocenters. The Balaban J connectivity index is 2.66. The Kier molecular flexibility index (Phi) is 5.19. The monoisotopic (exact) mass is 240 g/mol. The molecule has 0 aromatic heterocycles. The molecule has 0 spiro atoms. The van der Waals surface area contributed by atoms with Gasteiger partial charge in [-0.25, -0.2) is 0 Å². The van der Waals surface area contributed by atoms with Gasteiger partial charge in [0.05, 0.1) is 25.2 Å². The summed E-state index contributed by atoms with van der Waals surface area (Å²) in [5.74, 6) is 0.461. The first-order valence-electron chi connectivity index (χ1n) is 6.37. The number of carbonyl (C=O) groups excluding carboxylic acids is 1. The van der Waals surface area contributed by atoms with Gasteiger partial charge in [-0.05, 0) is 25.7 Å². The number of ether oxygens (including phenoxy) is 2. The maximum Gasteiger partial charge on any atom is 0.311 e. The minimum Gasteiger partial charge on any atom is -0.469 e. The molecule has 0 saturated carbocycles. The number of hydrogen-bond donors (Lipinski definition) is 0. The van der Waals surface area contributed by atoms with Gasteiger partial charge >= 0.3 is 5.97 Å². The Labute approximate surface area is 104 Å². The Morgan fingerprint density at radius 1 is 1.47 bits per heavy atom. The van der Waals surface area contributed by atoms with E-state index in [1.54, 1.807) is 0 Å². The number of hydrogen-bond acceptors (Lipinski definition) is 3. The fourth-order valence-electron chi connectivity index (χ4n) is 2.48. The highest BCUT2D eigenvalue weighted by Gasteiger charge is 2.36. The van der Waals surface area contributed by atoms with Crippen LogP contribution in [0.1, 0.15) is 33.6 Å². The summed E-state index contributed by atoms with van der Waals surface area (Å²) < 4.78 is 10.8. The molecular weight excluding hydrogens is 216 g/mol. The van der Waals surface area contributed by atoms with E-state index in [-0.39, 0.29) is 24.1 Å². The number of rotatable bonds is 4. The molecule has 0 N–H and O–H groups in total. The second-order valence-corrected chi connectivity index (χ2v) is 5.10. The predicted octanol–water partition coefficient (Wildman–Crippen LogP) is 2.80. The lowest BCUT2D eigenvalue weighted by Gasteiger charge is -2.39. The molecule has 3 nitrogen and oxygen atoms in total. The maximum atomic E-state index is 11.5. The van der Waals surface area contributed by atoms with E-state index in [1.165, 1.54) is 7.11 Å². The zero-order valence-corrected chi connectivity index (χ0v) is 11.3. The van der Waals surface area contributed by atoms with Crippen molar-refractivity contribution in [2.75, 3.05) is 7.11 Å². The SMILES string of the molecule is C=C[C@H](C)[C@H]1O[C@H]([C@H](C)C(=O)OC)CC[C@@H]1C. The van der Waals surface area contributed by atoms with E-state index in [1.807, 2.05) is 13.0 Å². The molecule has 1 fully saturated rings. The van der Waals surface area contributed by atoms with Crippen LogP contribution in [0, 0.1) is 17.8 Å². The quantitative estimate of drug-likeness (QED) is 0.560. The number of methoxy groups -OCH3 is 1. The number of carbonyl (C=O) groups is 1. The highest BCUT2D eigenvalue weighted by atomic mass is 16.5. The largest absolute Gasteiger partial charge is 0.469 e.